The number of fused-ring (bicyclic) bond motifs is 1. The van der Waals surface area contributed by atoms with Crippen LogP contribution in [0.15, 0.2) is 34.8 Å². The predicted molar refractivity (Wildman–Crippen MR) is 82.9 cm³/mol. The molecule has 0 atom stereocenters. The van der Waals surface area contributed by atoms with Gasteiger partial charge in [-0.25, -0.2) is 4.79 Å². The minimum Gasteiger partial charge on any atom is -0.445 e. The third-order valence-corrected chi connectivity index (χ3v) is 4.51. The Balaban J connectivity index is 1.64. The van der Waals surface area contributed by atoms with E-state index in [1.165, 1.54) is 0 Å². The fourth-order valence-electron chi connectivity index (χ4n) is 2.41. The first-order valence-electron chi connectivity index (χ1n) is 6.99. The first-order valence-corrected chi connectivity index (χ1v) is 7.79. The minimum atomic E-state index is -0.339. The summed E-state index contributed by atoms with van der Waals surface area (Å²) in [6.07, 6.45) is -0.339. The number of benzene rings is 1. The number of nitrogens with zero attached hydrogens (tertiary/aromatic N) is 3. The minimum absolute atomic E-state index is 0.126. The van der Waals surface area contributed by atoms with Crippen molar-refractivity contribution in [1.29, 1.82) is 0 Å². The summed E-state index contributed by atoms with van der Waals surface area (Å²) in [6.45, 7) is 1.69. The zero-order valence-corrected chi connectivity index (χ0v) is 13.5. The number of ether oxygens (including phenoxy) is 1. The Kier molecular flexibility index (Phi) is 4.44. The van der Waals surface area contributed by atoms with Crippen LogP contribution in [0.4, 0.5) is 4.79 Å². The SMILES string of the molecule is O=C(OCc1ccccc1)N1CCn2nc(CO)c(Br)c2C1. The number of aliphatic hydroxyl groups excluding tert-OH is 1. The molecule has 0 saturated heterocycles. The molecule has 0 bridgehead atoms. The van der Waals surface area contributed by atoms with Crippen LogP contribution in [0.25, 0.3) is 0 Å². The molecule has 2 heterocycles. The van der Waals surface area contributed by atoms with Gasteiger partial charge < -0.3 is 14.7 Å². The summed E-state index contributed by atoms with van der Waals surface area (Å²) < 4.78 is 7.92. The molecule has 0 saturated carbocycles. The number of rotatable bonds is 3. The van der Waals surface area contributed by atoms with Crippen molar-refractivity contribution in [2.45, 2.75) is 26.3 Å². The molecule has 1 N–H and O–H groups in total. The summed E-state index contributed by atoms with van der Waals surface area (Å²) in [5, 5.41) is 13.5. The van der Waals surface area contributed by atoms with Crippen molar-refractivity contribution < 1.29 is 14.6 Å². The maximum absolute atomic E-state index is 12.2. The van der Waals surface area contributed by atoms with Crippen molar-refractivity contribution >= 4 is 22.0 Å². The van der Waals surface area contributed by atoms with Crippen molar-refractivity contribution in [3.63, 3.8) is 0 Å². The predicted octanol–water partition coefficient (Wildman–Crippen LogP) is 2.29. The second-order valence-corrected chi connectivity index (χ2v) is 5.84. The van der Waals surface area contributed by atoms with Gasteiger partial charge in [0.15, 0.2) is 0 Å². The monoisotopic (exact) mass is 365 g/mol. The van der Waals surface area contributed by atoms with Crippen LogP contribution in [0.5, 0.6) is 0 Å². The van der Waals surface area contributed by atoms with E-state index in [0.717, 1.165) is 15.7 Å². The summed E-state index contributed by atoms with van der Waals surface area (Å²) in [6, 6.07) is 9.59. The van der Waals surface area contributed by atoms with E-state index in [9.17, 15) is 9.90 Å². The lowest BCUT2D eigenvalue weighted by atomic mass is 10.2. The topological polar surface area (TPSA) is 67.6 Å². The van der Waals surface area contributed by atoms with Crippen molar-refractivity contribution in [3.05, 3.63) is 51.8 Å². The molecule has 0 fully saturated rings. The molecule has 22 heavy (non-hydrogen) atoms. The number of carbonyl (C=O) groups excluding carboxylic acids is 1. The van der Waals surface area contributed by atoms with Crippen LogP contribution in [0, 0.1) is 0 Å². The third kappa shape index (κ3) is 3.00. The third-order valence-electron chi connectivity index (χ3n) is 3.60. The highest BCUT2D eigenvalue weighted by atomic mass is 79.9. The van der Waals surface area contributed by atoms with Gasteiger partial charge in [0.2, 0.25) is 0 Å². The normalized spacial score (nSPS) is 13.8. The van der Waals surface area contributed by atoms with Crippen LogP contribution in [-0.2, 0) is 31.0 Å². The number of amides is 1. The molecule has 0 aliphatic carbocycles. The molecule has 0 spiro atoms. The Morgan fingerprint density at radius 3 is 2.82 bits per heavy atom. The number of aromatic nitrogens is 2. The molecule has 6 nitrogen and oxygen atoms in total. The second kappa shape index (κ2) is 6.50. The number of hydrogen-bond acceptors (Lipinski definition) is 4. The van der Waals surface area contributed by atoms with Crippen LogP contribution < -0.4 is 0 Å². The van der Waals surface area contributed by atoms with Gasteiger partial charge in [-0.15, -0.1) is 0 Å². The van der Waals surface area contributed by atoms with Gasteiger partial charge in [-0.05, 0) is 21.5 Å². The average molecular weight is 366 g/mol. The van der Waals surface area contributed by atoms with Gasteiger partial charge in [0.1, 0.15) is 12.3 Å². The summed E-state index contributed by atoms with van der Waals surface area (Å²) in [7, 11) is 0. The van der Waals surface area contributed by atoms with Gasteiger partial charge in [0.05, 0.1) is 29.9 Å². The molecule has 3 rings (SSSR count). The van der Waals surface area contributed by atoms with Gasteiger partial charge in [0, 0.05) is 6.54 Å². The molecule has 2 aromatic rings. The van der Waals surface area contributed by atoms with Crippen molar-refractivity contribution in [1.82, 2.24) is 14.7 Å². The fraction of sp³-hybridized carbons (Fsp3) is 0.333. The van der Waals surface area contributed by atoms with E-state index in [4.69, 9.17) is 4.74 Å². The van der Waals surface area contributed by atoms with E-state index in [1.807, 2.05) is 35.0 Å². The quantitative estimate of drug-likeness (QED) is 0.905. The molecule has 1 aromatic carbocycles. The zero-order valence-electron chi connectivity index (χ0n) is 11.9. The average Bonchev–Trinajstić information content (AvgIpc) is 2.89. The maximum Gasteiger partial charge on any atom is 0.410 e. The molecule has 0 unspecified atom stereocenters. The Bertz CT molecular complexity index is 672. The molecular weight excluding hydrogens is 350 g/mol. The van der Waals surface area contributed by atoms with E-state index in [-0.39, 0.29) is 19.3 Å². The highest BCUT2D eigenvalue weighted by Gasteiger charge is 2.26. The largest absolute Gasteiger partial charge is 0.445 e. The van der Waals surface area contributed by atoms with E-state index >= 15 is 0 Å². The van der Waals surface area contributed by atoms with E-state index < -0.39 is 0 Å². The summed E-state index contributed by atoms with van der Waals surface area (Å²) in [5.74, 6) is 0. The summed E-state index contributed by atoms with van der Waals surface area (Å²) >= 11 is 3.43. The van der Waals surface area contributed by atoms with E-state index in [2.05, 4.69) is 21.0 Å². The lowest BCUT2D eigenvalue weighted by Gasteiger charge is -2.27. The van der Waals surface area contributed by atoms with Crippen molar-refractivity contribution in [2.24, 2.45) is 0 Å². The van der Waals surface area contributed by atoms with Crippen LogP contribution in [-0.4, -0.2) is 32.4 Å². The molecule has 1 aromatic heterocycles. The van der Waals surface area contributed by atoms with Crippen LogP contribution in [0.2, 0.25) is 0 Å². The number of carbonyl (C=O) groups is 1. The molecule has 0 radical (unpaired) electrons. The molecule has 1 aliphatic heterocycles. The molecular formula is C15H16BrN3O3. The summed E-state index contributed by atoms with van der Waals surface area (Å²) in [4.78, 5) is 13.8. The van der Waals surface area contributed by atoms with Crippen molar-refractivity contribution in [2.75, 3.05) is 6.54 Å². The first kappa shape index (κ1) is 15.1. The molecule has 116 valence electrons. The standard InChI is InChI=1S/C15H16BrN3O3/c16-14-12(9-20)17-19-7-6-18(8-13(14)19)15(21)22-10-11-4-2-1-3-5-11/h1-5,20H,6-10H2. The fourth-order valence-corrected chi connectivity index (χ4v) is 2.94. The second-order valence-electron chi connectivity index (χ2n) is 5.05. The summed E-state index contributed by atoms with van der Waals surface area (Å²) in [5.41, 5.74) is 2.43. The van der Waals surface area contributed by atoms with Crippen molar-refractivity contribution in [3.8, 4) is 0 Å². The highest BCUT2D eigenvalue weighted by Crippen LogP contribution is 2.26. The highest BCUT2D eigenvalue weighted by molar-refractivity contribution is 9.10. The Labute approximate surface area is 136 Å². The van der Waals surface area contributed by atoms with Gasteiger partial charge in [0.25, 0.3) is 0 Å². The number of aliphatic hydroxyl groups is 1. The maximum atomic E-state index is 12.2. The Hall–Kier alpha value is -1.86. The Morgan fingerprint density at radius 1 is 1.32 bits per heavy atom. The lowest BCUT2D eigenvalue weighted by Crippen LogP contribution is -2.38. The van der Waals surface area contributed by atoms with Gasteiger partial charge in [-0.2, -0.15) is 5.10 Å². The molecule has 7 heteroatoms. The van der Waals surface area contributed by atoms with Gasteiger partial charge in [-0.1, -0.05) is 30.3 Å². The lowest BCUT2D eigenvalue weighted by molar-refractivity contribution is 0.0857. The Morgan fingerprint density at radius 2 is 2.09 bits per heavy atom. The first-order chi connectivity index (χ1) is 10.7. The van der Waals surface area contributed by atoms with Crippen LogP contribution >= 0.6 is 15.9 Å². The molecule has 1 amide bonds. The molecule has 1 aliphatic rings. The van der Waals surface area contributed by atoms with E-state index in [1.54, 1.807) is 4.90 Å². The van der Waals surface area contributed by atoms with Gasteiger partial charge >= 0.3 is 6.09 Å². The zero-order chi connectivity index (χ0) is 15.5. The van der Waals surface area contributed by atoms with E-state index in [0.29, 0.717) is 25.3 Å². The van der Waals surface area contributed by atoms with Crippen LogP contribution in [0.1, 0.15) is 17.0 Å². The van der Waals surface area contributed by atoms with Crippen LogP contribution in [0.3, 0.4) is 0 Å². The smallest absolute Gasteiger partial charge is 0.410 e. The number of hydrogen-bond donors (Lipinski definition) is 1. The number of halogens is 1. The van der Waals surface area contributed by atoms with Gasteiger partial charge in [-0.3, -0.25) is 4.68 Å².